The van der Waals surface area contributed by atoms with E-state index in [4.69, 9.17) is 10.8 Å². The number of benzene rings is 1. The molecule has 4 heteroatoms. The van der Waals surface area contributed by atoms with E-state index in [0.29, 0.717) is 0 Å². The van der Waals surface area contributed by atoms with Gasteiger partial charge in [0, 0.05) is 6.42 Å². The van der Waals surface area contributed by atoms with Crippen molar-refractivity contribution in [2.24, 2.45) is 11.7 Å². The lowest BCUT2D eigenvalue weighted by molar-refractivity contribution is -0.150. The van der Waals surface area contributed by atoms with Crippen molar-refractivity contribution in [2.75, 3.05) is 0 Å². The van der Waals surface area contributed by atoms with Gasteiger partial charge in [0.05, 0.1) is 0 Å². The van der Waals surface area contributed by atoms with E-state index in [0.717, 1.165) is 5.56 Å². The van der Waals surface area contributed by atoms with Crippen LogP contribution >= 0.6 is 0 Å². The molecular weight excluding hydrogens is 218 g/mol. The monoisotopic (exact) mass is 235 g/mol. The average molecular weight is 235 g/mol. The molecular formula is C13H17NO3. The minimum absolute atomic E-state index is 0.0435. The zero-order valence-corrected chi connectivity index (χ0v) is 10.0. The Kier molecular flexibility index (Phi) is 4.02. The molecule has 3 N–H and O–H groups in total. The van der Waals surface area contributed by atoms with E-state index >= 15 is 0 Å². The fourth-order valence-electron chi connectivity index (χ4n) is 1.62. The molecule has 0 aliphatic heterocycles. The average Bonchev–Trinajstić information content (AvgIpc) is 2.28. The van der Waals surface area contributed by atoms with Crippen molar-refractivity contribution in [2.45, 2.75) is 25.8 Å². The summed E-state index contributed by atoms with van der Waals surface area (Å²) >= 11 is 0. The molecule has 0 aromatic heterocycles. The quantitative estimate of drug-likeness (QED) is 0.752. The number of hydrogen-bond donors (Lipinski definition) is 2. The summed E-state index contributed by atoms with van der Waals surface area (Å²) < 4.78 is 0. The number of aliphatic carboxylic acids is 1. The summed E-state index contributed by atoms with van der Waals surface area (Å²) in [7, 11) is 0. The SMILES string of the molecule is CC(C)[C@@](N)(C(=O)O)C(=O)Cc1ccccc1. The Labute approximate surface area is 100 Å². The summed E-state index contributed by atoms with van der Waals surface area (Å²) in [6.07, 6.45) is 0.0435. The molecule has 0 saturated carbocycles. The maximum Gasteiger partial charge on any atom is 0.331 e. The third-order valence-electron chi connectivity index (χ3n) is 2.93. The van der Waals surface area contributed by atoms with Crippen LogP contribution < -0.4 is 5.73 Å². The Balaban J connectivity index is 2.92. The van der Waals surface area contributed by atoms with E-state index in [9.17, 15) is 9.59 Å². The molecule has 0 heterocycles. The van der Waals surface area contributed by atoms with Gasteiger partial charge in [-0.25, -0.2) is 4.79 Å². The molecule has 4 nitrogen and oxygen atoms in total. The Morgan fingerprint density at radius 3 is 2.24 bits per heavy atom. The van der Waals surface area contributed by atoms with Gasteiger partial charge in [-0.05, 0) is 11.5 Å². The van der Waals surface area contributed by atoms with Gasteiger partial charge in [-0.3, -0.25) is 4.79 Å². The lowest BCUT2D eigenvalue weighted by Gasteiger charge is -2.27. The molecule has 1 aromatic carbocycles. The van der Waals surface area contributed by atoms with Crippen LogP contribution in [0.15, 0.2) is 30.3 Å². The summed E-state index contributed by atoms with van der Waals surface area (Å²) in [4.78, 5) is 23.2. The van der Waals surface area contributed by atoms with Crippen molar-refractivity contribution in [1.29, 1.82) is 0 Å². The largest absolute Gasteiger partial charge is 0.480 e. The summed E-state index contributed by atoms with van der Waals surface area (Å²) in [6.45, 7) is 3.27. The molecule has 17 heavy (non-hydrogen) atoms. The molecule has 0 spiro atoms. The Hall–Kier alpha value is -1.68. The number of ketones is 1. The van der Waals surface area contributed by atoms with Gasteiger partial charge in [0.25, 0.3) is 0 Å². The maximum absolute atomic E-state index is 12.0. The highest BCUT2D eigenvalue weighted by atomic mass is 16.4. The minimum atomic E-state index is -1.81. The number of carbonyl (C=O) groups is 2. The van der Waals surface area contributed by atoms with Crippen LogP contribution in [0.3, 0.4) is 0 Å². The molecule has 0 bridgehead atoms. The van der Waals surface area contributed by atoms with Crippen molar-refractivity contribution in [3.63, 3.8) is 0 Å². The van der Waals surface area contributed by atoms with Crippen LogP contribution in [0.2, 0.25) is 0 Å². The first-order valence-electron chi connectivity index (χ1n) is 5.48. The fraction of sp³-hybridized carbons (Fsp3) is 0.385. The summed E-state index contributed by atoms with van der Waals surface area (Å²) in [6, 6.07) is 9.00. The van der Waals surface area contributed by atoms with Gasteiger partial charge in [0.1, 0.15) is 0 Å². The first-order valence-corrected chi connectivity index (χ1v) is 5.48. The molecule has 0 amide bonds. The highest BCUT2D eigenvalue weighted by Crippen LogP contribution is 2.18. The minimum Gasteiger partial charge on any atom is -0.480 e. The molecule has 0 saturated heterocycles. The first kappa shape index (κ1) is 13.4. The number of carbonyl (C=O) groups excluding carboxylic acids is 1. The van der Waals surface area contributed by atoms with Crippen molar-refractivity contribution >= 4 is 11.8 Å². The lowest BCUT2D eigenvalue weighted by Crippen LogP contribution is -2.59. The van der Waals surface area contributed by atoms with E-state index in [1.807, 2.05) is 6.07 Å². The van der Waals surface area contributed by atoms with Crippen molar-refractivity contribution in [1.82, 2.24) is 0 Å². The molecule has 0 fully saturated rings. The first-order chi connectivity index (χ1) is 7.89. The number of carboxylic acid groups (broad SMARTS) is 1. The zero-order valence-electron chi connectivity index (χ0n) is 10.0. The highest BCUT2D eigenvalue weighted by Gasteiger charge is 2.44. The van der Waals surface area contributed by atoms with Crippen LogP contribution in [0, 0.1) is 5.92 Å². The van der Waals surface area contributed by atoms with Crippen LogP contribution in [0.25, 0.3) is 0 Å². The Bertz CT molecular complexity index is 414. The smallest absolute Gasteiger partial charge is 0.331 e. The normalized spacial score (nSPS) is 14.4. The fourth-order valence-corrected chi connectivity index (χ4v) is 1.62. The summed E-state index contributed by atoms with van der Waals surface area (Å²) in [5.41, 5.74) is 4.69. The number of nitrogens with two attached hydrogens (primary N) is 1. The van der Waals surface area contributed by atoms with Crippen molar-refractivity contribution in [3.8, 4) is 0 Å². The number of hydrogen-bond acceptors (Lipinski definition) is 3. The third kappa shape index (κ3) is 2.71. The molecule has 1 atom stereocenters. The second-order valence-electron chi connectivity index (χ2n) is 4.41. The third-order valence-corrected chi connectivity index (χ3v) is 2.93. The Morgan fingerprint density at radius 2 is 1.82 bits per heavy atom. The second kappa shape index (κ2) is 5.10. The van der Waals surface area contributed by atoms with Crippen molar-refractivity contribution < 1.29 is 14.7 Å². The molecule has 1 rings (SSSR count). The molecule has 92 valence electrons. The van der Waals surface area contributed by atoms with E-state index in [1.54, 1.807) is 38.1 Å². The van der Waals surface area contributed by atoms with Gasteiger partial charge >= 0.3 is 5.97 Å². The summed E-state index contributed by atoms with van der Waals surface area (Å²) in [5, 5.41) is 9.11. The standard InChI is InChI=1S/C13H17NO3/c1-9(2)13(14,12(16)17)11(15)8-10-6-4-3-5-7-10/h3-7,9H,8,14H2,1-2H3,(H,16,17)/t13-/m0/s1. The number of carboxylic acids is 1. The van der Waals surface area contributed by atoms with Crippen LogP contribution in [-0.2, 0) is 16.0 Å². The molecule has 0 aliphatic rings. The van der Waals surface area contributed by atoms with Gasteiger partial charge in [0.15, 0.2) is 11.3 Å². The molecule has 0 unspecified atom stereocenters. The van der Waals surface area contributed by atoms with Gasteiger partial charge in [-0.2, -0.15) is 0 Å². The van der Waals surface area contributed by atoms with Gasteiger partial charge < -0.3 is 10.8 Å². The molecule has 0 radical (unpaired) electrons. The van der Waals surface area contributed by atoms with Crippen LogP contribution in [0.5, 0.6) is 0 Å². The predicted molar refractivity (Wildman–Crippen MR) is 64.5 cm³/mol. The zero-order chi connectivity index (χ0) is 13.1. The predicted octanol–water partition coefficient (Wildman–Crippen LogP) is 1.24. The van der Waals surface area contributed by atoms with Gasteiger partial charge in [0.2, 0.25) is 0 Å². The van der Waals surface area contributed by atoms with Gasteiger partial charge in [-0.1, -0.05) is 44.2 Å². The lowest BCUT2D eigenvalue weighted by atomic mass is 9.81. The Morgan fingerprint density at radius 1 is 1.29 bits per heavy atom. The number of rotatable bonds is 5. The van der Waals surface area contributed by atoms with E-state index < -0.39 is 23.2 Å². The van der Waals surface area contributed by atoms with Crippen LogP contribution in [0.1, 0.15) is 19.4 Å². The van der Waals surface area contributed by atoms with E-state index in [1.165, 1.54) is 0 Å². The topological polar surface area (TPSA) is 80.4 Å². The maximum atomic E-state index is 12.0. The van der Waals surface area contributed by atoms with Gasteiger partial charge in [-0.15, -0.1) is 0 Å². The second-order valence-corrected chi connectivity index (χ2v) is 4.41. The van der Waals surface area contributed by atoms with Crippen LogP contribution in [0.4, 0.5) is 0 Å². The highest BCUT2D eigenvalue weighted by molar-refractivity contribution is 6.08. The molecule has 0 aliphatic carbocycles. The van der Waals surface area contributed by atoms with E-state index in [-0.39, 0.29) is 6.42 Å². The van der Waals surface area contributed by atoms with Crippen molar-refractivity contribution in [3.05, 3.63) is 35.9 Å². The van der Waals surface area contributed by atoms with E-state index in [2.05, 4.69) is 0 Å². The molecule has 1 aromatic rings. The number of Topliss-reactive ketones (excluding diaryl/α,β-unsaturated/α-hetero) is 1. The summed E-state index contributed by atoms with van der Waals surface area (Å²) in [5.74, 6) is -2.18. The van der Waals surface area contributed by atoms with Crippen LogP contribution in [-0.4, -0.2) is 22.4 Å².